The number of hydrogen-bond donors (Lipinski definition) is 2. The van der Waals surface area contributed by atoms with E-state index in [0.717, 1.165) is 30.4 Å². The summed E-state index contributed by atoms with van der Waals surface area (Å²) >= 11 is 0. The summed E-state index contributed by atoms with van der Waals surface area (Å²) in [6.07, 6.45) is 9.51. The van der Waals surface area contributed by atoms with Gasteiger partial charge >= 0.3 is 0 Å². The number of allylic oxidation sites excluding steroid dienone is 3. The van der Waals surface area contributed by atoms with Gasteiger partial charge in [-0.2, -0.15) is 0 Å². The molecule has 1 heterocycles. The molecule has 1 aromatic rings. The van der Waals surface area contributed by atoms with Gasteiger partial charge in [-0.3, -0.25) is 4.79 Å². The van der Waals surface area contributed by atoms with Crippen molar-refractivity contribution in [3.05, 3.63) is 46.6 Å². The van der Waals surface area contributed by atoms with Gasteiger partial charge in [0.2, 0.25) is 0 Å². The van der Waals surface area contributed by atoms with Crippen LogP contribution in [-0.2, 0) is 4.79 Å². The molecule has 0 aliphatic carbocycles. The van der Waals surface area contributed by atoms with Crippen molar-refractivity contribution in [3.63, 3.8) is 0 Å². The smallest absolute Gasteiger partial charge is 0.270 e. The van der Waals surface area contributed by atoms with Gasteiger partial charge in [-0.1, -0.05) is 59.8 Å². The Kier molecular flexibility index (Phi) is 7.60. The molecule has 4 nitrogen and oxygen atoms in total. The van der Waals surface area contributed by atoms with Gasteiger partial charge in [0.25, 0.3) is 5.91 Å². The van der Waals surface area contributed by atoms with Gasteiger partial charge in [-0.15, -0.1) is 0 Å². The predicted molar refractivity (Wildman–Crippen MR) is 123 cm³/mol. The van der Waals surface area contributed by atoms with Crippen molar-refractivity contribution < 1.29 is 9.90 Å². The van der Waals surface area contributed by atoms with E-state index in [0.29, 0.717) is 33.3 Å². The van der Waals surface area contributed by atoms with Crippen LogP contribution in [-0.4, -0.2) is 11.0 Å². The number of phenolic OH excluding ortho intramolecular Hbond substituents is 1. The van der Waals surface area contributed by atoms with Gasteiger partial charge in [0.05, 0.1) is 11.0 Å². The Hall–Kier alpha value is -2.62. The van der Waals surface area contributed by atoms with E-state index < -0.39 is 0 Å². The van der Waals surface area contributed by atoms with Crippen LogP contribution in [0, 0.1) is 11.8 Å². The standard InChI is InChI=1S/C25H34N2O2/c1-8-11-15(4)12-13-19(16(5)9-2)22-23(26-10-3)18(7)24-21(25(22)29)17(6)14-20(28)27-24/h10,13-16,26,29H,3,7-9,11-12H2,1-2,4-6H3/b19-13-/t15-,16+/m0/s1. The van der Waals surface area contributed by atoms with E-state index in [2.05, 4.69) is 57.2 Å². The third kappa shape index (κ3) is 4.69. The average molecular weight is 395 g/mol. The summed E-state index contributed by atoms with van der Waals surface area (Å²) < 4.78 is 0. The number of fused-ring (bicyclic) bond motifs is 1. The zero-order valence-electron chi connectivity index (χ0n) is 18.4. The number of hydrogen-bond acceptors (Lipinski definition) is 3. The lowest BCUT2D eigenvalue weighted by atomic mass is 9.85. The lowest BCUT2D eigenvalue weighted by Gasteiger charge is -2.23. The molecule has 0 spiro atoms. The minimum absolute atomic E-state index is 0.149. The number of amides is 1. The van der Waals surface area contributed by atoms with E-state index in [1.807, 2.05) is 6.92 Å². The maximum Gasteiger partial charge on any atom is 0.270 e. The van der Waals surface area contributed by atoms with E-state index >= 15 is 0 Å². The maximum absolute atomic E-state index is 12.0. The summed E-state index contributed by atoms with van der Waals surface area (Å²) in [7, 11) is 0. The van der Waals surface area contributed by atoms with Crippen molar-refractivity contribution in [1.29, 1.82) is 0 Å². The molecular formula is C25H34N2O2. The molecule has 0 aromatic heterocycles. The third-order valence-electron chi connectivity index (χ3n) is 5.70. The number of nitrogens with zero attached hydrogens (tertiary/aromatic N) is 1. The first-order valence-electron chi connectivity index (χ1n) is 10.5. The minimum Gasteiger partial charge on any atom is -0.507 e. The quantitative estimate of drug-likeness (QED) is 0.607. The molecular weight excluding hydrogens is 360 g/mol. The highest BCUT2D eigenvalue weighted by Gasteiger charge is 2.25. The molecule has 29 heavy (non-hydrogen) atoms. The molecule has 0 saturated carbocycles. The van der Waals surface area contributed by atoms with Crippen molar-refractivity contribution in [2.75, 3.05) is 5.32 Å². The fraction of sp³-hybridized carbons (Fsp3) is 0.440. The Morgan fingerprint density at radius 1 is 1.34 bits per heavy atom. The zero-order valence-corrected chi connectivity index (χ0v) is 18.4. The van der Waals surface area contributed by atoms with Gasteiger partial charge < -0.3 is 10.4 Å². The number of aromatic hydroxyl groups is 1. The first-order chi connectivity index (χ1) is 13.8. The fourth-order valence-electron chi connectivity index (χ4n) is 3.92. The highest BCUT2D eigenvalue weighted by Crippen LogP contribution is 2.40. The third-order valence-corrected chi connectivity index (χ3v) is 5.70. The van der Waals surface area contributed by atoms with Crippen LogP contribution in [0.1, 0.15) is 71.4 Å². The summed E-state index contributed by atoms with van der Waals surface area (Å²) in [4.78, 5) is 16.1. The monoisotopic (exact) mass is 394 g/mol. The second-order valence-electron chi connectivity index (χ2n) is 8.02. The molecule has 0 fully saturated rings. The molecule has 2 rings (SSSR count). The van der Waals surface area contributed by atoms with Crippen LogP contribution >= 0.6 is 0 Å². The Balaban J connectivity index is 2.84. The minimum atomic E-state index is -0.331. The Labute approximate surface area is 174 Å². The molecule has 156 valence electrons. The molecule has 0 saturated heterocycles. The van der Waals surface area contributed by atoms with Gasteiger partial charge in [-0.05, 0) is 48.9 Å². The molecule has 1 aromatic carbocycles. The van der Waals surface area contributed by atoms with Gasteiger partial charge in [0.1, 0.15) is 5.75 Å². The van der Waals surface area contributed by atoms with E-state index in [1.165, 1.54) is 12.5 Å². The number of rotatable bonds is 9. The summed E-state index contributed by atoms with van der Waals surface area (Å²) in [6, 6.07) is 0. The molecule has 2 atom stereocenters. The number of phenols is 1. The normalized spacial score (nSPS) is 15.8. The molecule has 2 N–H and O–H groups in total. The zero-order chi connectivity index (χ0) is 21.7. The van der Waals surface area contributed by atoms with E-state index in [9.17, 15) is 9.90 Å². The van der Waals surface area contributed by atoms with Crippen LogP contribution in [0.25, 0.3) is 17.7 Å². The topological polar surface area (TPSA) is 61.7 Å². The van der Waals surface area contributed by atoms with Gasteiger partial charge in [-0.25, -0.2) is 4.99 Å². The van der Waals surface area contributed by atoms with Gasteiger partial charge in [0, 0.05) is 22.4 Å². The lowest BCUT2D eigenvalue weighted by Crippen LogP contribution is -2.34. The van der Waals surface area contributed by atoms with Crippen LogP contribution in [0.15, 0.2) is 29.9 Å². The molecule has 0 bridgehead atoms. The molecule has 1 aliphatic heterocycles. The second-order valence-corrected chi connectivity index (χ2v) is 8.02. The Bertz CT molecular complexity index is 970. The Morgan fingerprint density at radius 2 is 2.03 bits per heavy atom. The number of carbonyl (C=O) groups excluding carboxylic acids is 1. The fourth-order valence-corrected chi connectivity index (χ4v) is 3.92. The highest BCUT2D eigenvalue weighted by molar-refractivity contribution is 6.00. The molecule has 1 amide bonds. The number of nitrogens with one attached hydrogen (secondary N) is 1. The van der Waals surface area contributed by atoms with Crippen LogP contribution in [0.4, 0.5) is 5.69 Å². The van der Waals surface area contributed by atoms with Crippen molar-refractivity contribution in [1.82, 2.24) is 0 Å². The maximum atomic E-state index is 12.0. The molecule has 0 unspecified atom stereocenters. The van der Waals surface area contributed by atoms with Crippen LogP contribution < -0.4 is 15.9 Å². The van der Waals surface area contributed by atoms with Crippen molar-refractivity contribution >= 4 is 29.3 Å². The summed E-state index contributed by atoms with van der Waals surface area (Å²) in [5, 5.41) is 15.5. The van der Waals surface area contributed by atoms with Crippen molar-refractivity contribution in [3.8, 4) is 5.75 Å². The number of carbonyl (C=O) groups is 1. The molecule has 4 heteroatoms. The number of benzene rings is 1. The van der Waals surface area contributed by atoms with Crippen LogP contribution in [0.2, 0.25) is 0 Å². The van der Waals surface area contributed by atoms with Crippen LogP contribution in [0.5, 0.6) is 5.75 Å². The molecule has 1 aliphatic rings. The SMILES string of the molecule is C=CNc1c(/C(=C\C[C@@H](C)CCC)[C@H](C)CC)c(O)c2c(c1=C)=NC(=O)C=C2C. The van der Waals surface area contributed by atoms with E-state index in [1.54, 1.807) is 6.20 Å². The first kappa shape index (κ1) is 22.7. The number of anilines is 1. The largest absolute Gasteiger partial charge is 0.507 e. The summed E-state index contributed by atoms with van der Waals surface area (Å²) in [6.45, 7) is 18.6. The summed E-state index contributed by atoms with van der Waals surface area (Å²) in [5.74, 6) is 0.645. The van der Waals surface area contributed by atoms with E-state index in [-0.39, 0.29) is 17.6 Å². The van der Waals surface area contributed by atoms with E-state index in [4.69, 9.17) is 0 Å². The second kappa shape index (κ2) is 9.73. The average Bonchev–Trinajstić information content (AvgIpc) is 2.67. The van der Waals surface area contributed by atoms with Crippen LogP contribution in [0.3, 0.4) is 0 Å². The first-order valence-corrected chi connectivity index (χ1v) is 10.5. The Morgan fingerprint density at radius 3 is 2.62 bits per heavy atom. The lowest BCUT2D eigenvalue weighted by molar-refractivity contribution is -0.113. The van der Waals surface area contributed by atoms with Crippen molar-refractivity contribution in [2.45, 2.75) is 60.3 Å². The highest BCUT2D eigenvalue weighted by atomic mass is 16.3. The summed E-state index contributed by atoms with van der Waals surface area (Å²) in [5.41, 5.74) is 3.79. The van der Waals surface area contributed by atoms with Crippen molar-refractivity contribution in [2.24, 2.45) is 16.8 Å². The van der Waals surface area contributed by atoms with Gasteiger partial charge in [0.15, 0.2) is 0 Å². The predicted octanol–water partition coefficient (Wildman–Crippen LogP) is 5.18. The molecule has 0 radical (unpaired) electrons.